The van der Waals surface area contributed by atoms with E-state index in [0.29, 0.717) is 6.04 Å². The molecule has 0 spiro atoms. The molecule has 1 atom stereocenters. The highest BCUT2D eigenvalue weighted by molar-refractivity contribution is 5.57. The van der Waals surface area contributed by atoms with Crippen LogP contribution in [-0.2, 0) is 0 Å². The van der Waals surface area contributed by atoms with Crippen LogP contribution in [0, 0.1) is 0 Å². The number of oxazole rings is 1. The molecule has 1 aliphatic rings. The van der Waals surface area contributed by atoms with E-state index in [2.05, 4.69) is 10.3 Å². The van der Waals surface area contributed by atoms with Crippen LogP contribution in [-0.4, -0.2) is 11.5 Å². The molecule has 2 heterocycles. The van der Waals surface area contributed by atoms with E-state index in [0.717, 1.165) is 30.1 Å². The SMILES string of the molecule is c1ccc(-c2coc([C@@H]3CCCN3)n2)cc1. The van der Waals surface area contributed by atoms with Crippen LogP contribution in [0.4, 0.5) is 0 Å². The fourth-order valence-corrected chi connectivity index (χ4v) is 2.08. The third-order valence-corrected chi connectivity index (χ3v) is 2.95. The molecule has 3 heteroatoms. The lowest BCUT2D eigenvalue weighted by Gasteiger charge is -2.02. The summed E-state index contributed by atoms with van der Waals surface area (Å²) in [5.41, 5.74) is 2.03. The zero-order valence-electron chi connectivity index (χ0n) is 9.02. The van der Waals surface area contributed by atoms with Crippen LogP contribution in [0.2, 0.25) is 0 Å². The highest BCUT2D eigenvalue weighted by Crippen LogP contribution is 2.25. The second-order valence-corrected chi connectivity index (χ2v) is 4.09. The predicted octanol–water partition coefficient (Wildman–Crippen LogP) is 2.77. The maximum Gasteiger partial charge on any atom is 0.211 e. The van der Waals surface area contributed by atoms with Crippen molar-refractivity contribution in [2.24, 2.45) is 0 Å². The Morgan fingerprint density at radius 2 is 2.12 bits per heavy atom. The van der Waals surface area contributed by atoms with E-state index in [-0.39, 0.29) is 0 Å². The summed E-state index contributed by atoms with van der Waals surface area (Å²) in [6.07, 6.45) is 4.06. The van der Waals surface area contributed by atoms with Gasteiger partial charge in [-0.1, -0.05) is 30.3 Å². The molecule has 0 amide bonds. The van der Waals surface area contributed by atoms with Crippen molar-refractivity contribution in [1.82, 2.24) is 10.3 Å². The predicted molar refractivity (Wildman–Crippen MR) is 61.9 cm³/mol. The molecule has 2 aromatic rings. The molecule has 1 saturated heterocycles. The average molecular weight is 214 g/mol. The van der Waals surface area contributed by atoms with Gasteiger partial charge in [0, 0.05) is 5.56 Å². The van der Waals surface area contributed by atoms with E-state index in [4.69, 9.17) is 4.42 Å². The Balaban J connectivity index is 1.87. The molecule has 0 saturated carbocycles. The van der Waals surface area contributed by atoms with Crippen molar-refractivity contribution in [2.45, 2.75) is 18.9 Å². The lowest BCUT2D eigenvalue weighted by atomic mass is 10.2. The van der Waals surface area contributed by atoms with Crippen LogP contribution in [0.5, 0.6) is 0 Å². The van der Waals surface area contributed by atoms with Gasteiger partial charge in [0.15, 0.2) is 0 Å². The van der Waals surface area contributed by atoms with Gasteiger partial charge >= 0.3 is 0 Å². The van der Waals surface area contributed by atoms with Gasteiger partial charge in [-0.15, -0.1) is 0 Å². The van der Waals surface area contributed by atoms with Crippen LogP contribution in [0.15, 0.2) is 41.0 Å². The highest BCUT2D eigenvalue weighted by atomic mass is 16.3. The van der Waals surface area contributed by atoms with Crippen molar-refractivity contribution in [3.8, 4) is 11.3 Å². The molecule has 82 valence electrons. The summed E-state index contributed by atoms with van der Waals surface area (Å²) in [4.78, 5) is 4.53. The largest absolute Gasteiger partial charge is 0.447 e. The molecule has 1 aromatic heterocycles. The van der Waals surface area contributed by atoms with Crippen molar-refractivity contribution in [3.63, 3.8) is 0 Å². The molecule has 0 aliphatic carbocycles. The lowest BCUT2D eigenvalue weighted by molar-refractivity contribution is 0.429. The summed E-state index contributed by atoms with van der Waals surface area (Å²) < 4.78 is 5.53. The molecular formula is C13H14N2O. The monoisotopic (exact) mass is 214 g/mol. The van der Waals surface area contributed by atoms with Gasteiger partial charge in [0.1, 0.15) is 12.0 Å². The lowest BCUT2D eigenvalue weighted by Crippen LogP contribution is -2.12. The van der Waals surface area contributed by atoms with Gasteiger partial charge in [-0.3, -0.25) is 0 Å². The van der Waals surface area contributed by atoms with E-state index in [1.54, 1.807) is 6.26 Å². The van der Waals surface area contributed by atoms with E-state index in [1.165, 1.54) is 6.42 Å². The molecule has 1 aliphatic heterocycles. The fraction of sp³-hybridized carbons (Fsp3) is 0.308. The minimum atomic E-state index is 0.303. The molecule has 1 fully saturated rings. The third kappa shape index (κ3) is 1.74. The first-order valence-corrected chi connectivity index (χ1v) is 5.68. The molecule has 1 aromatic carbocycles. The van der Waals surface area contributed by atoms with Gasteiger partial charge in [-0.25, -0.2) is 4.98 Å². The maximum absolute atomic E-state index is 5.53. The molecule has 3 rings (SSSR count). The van der Waals surface area contributed by atoms with Crippen LogP contribution in [0.1, 0.15) is 24.8 Å². The zero-order valence-corrected chi connectivity index (χ0v) is 9.02. The number of hydrogen-bond acceptors (Lipinski definition) is 3. The second-order valence-electron chi connectivity index (χ2n) is 4.09. The van der Waals surface area contributed by atoms with Crippen LogP contribution >= 0.6 is 0 Å². The van der Waals surface area contributed by atoms with E-state index < -0.39 is 0 Å². The number of nitrogens with one attached hydrogen (secondary N) is 1. The van der Waals surface area contributed by atoms with Gasteiger partial charge in [-0.05, 0) is 19.4 Å². The minimum Gasteiger partial charge on any atom is -0.447 e. The van der Waals surface area contributed by atoms with Gasteiger partial charge in [0.25, 0.3) is 0 Å². The van der Waals surface area contributed by atoms with Gasteiger partial charge in [0.2, 0.25) is 5.89 Å². The Kier molecular flexibility index (Phi) is 2.46. The Morgan fingerprint density at radius 1 is 1.25 bits per heavy atom. The second kappa shape index (κ2) is 4.10. The Bertz CT molecular complexity index is 458. The van der Waals surface area contributed by atoms with Crippen molar-refractivity contribution in [1.29, 1.82) is 0 Å². The van der Waals surface area contributed by atoms with Crippen LogP contribution < -0.4 is 5.32 Å². The first-order valence-electron chi connectivity index (χ1n) is 5.68. The maximum atomic E-state index is 5.53. The Morgan fingerprint density at radius 3 is 2.88 bits per heavy atom. The molecule has 0 unspecified atom stereocenters. The summed E-state index contributed by atoms with van der Waals surface area (Å²) in [5.74, 6) is 0.816. The minimum absolute atomic E-state index is 0.303. The van der Waals surface area contributed by atoms with Gasteiger partial charge in [0.05, 0.1) is 6.04 Å². The van der Waals surface area contributed by atoms with Crippen LogP contribution in [0.25, 0.3) is 11.3 Å². The average Bonchev–Trinajstić information content (AvgIpc) is 3.01. The molecule has 3 nitrogen and oxygen atoms in total. The standard InChI is InChI=1S/C13H14N2O/c1-2-5-10(6-3-1)12-9-16-13(15-12)11-7-4-8-14-11/h1-3,5-6,9,11,14H,4,7-8H2/t11-/m0/s1. The first kappa shape index (κ1) is 9.60. The zero-order chi connectivity index (χ0) is 10.8. The highest BCUT2D eigenvalue weighted by Gasteiger charge is 2.21. The van der Waals surface area contributed by atoms with Crippen molar-refractivity contribution < 1.29 is 4.42 Å². The van der Waals surface area contributed by atoms with Gasteiger partial charge in [-0.2, -0.15) is 0 Å². The van der Waals surface area contributed by atoms with Crippen LogP contribution in [0.3, 0.4) is 0 Å². The normalized spacial score (nSPS) is 20.1. The third-order valence-electron chi connectivity index (χ3n) is 2.95. The number of benzene rings is 1. The molecular weight excluding hydrogens is 200 g/mol. The summed E-state index contributed by atoms with van der Waals surface area (Å²) >= 11 is 0. The smallest absolute Gasteiger partial charge is 0.211 e. The molecule has 0 radical (unpaired) electrons. The number of nitrogens with zero attached hydrogens (tertiary/aromatic N) is 1. The summed E-state index contributed by atoms with van der Waals surface area (Å²) in [6, 6.07) is 10.4. The van der Waals surface area contributed by atoms with Crippen molar-refractivity contribution >= 4 is 0 Å². The first-order chi connectivity index (χ1) is 7.93. The molecule has 16 heavy (non-hydrogen) atoms. The van der Waals surface area contributed by atoms with E-state index in [9.17, 15) is 0 Å². The number of aromatic nitrogens is 1. The molecule has 0 bridgehead atoms. The van der Waals surface area contributed by atoms with Crippen molar-refractivity contribution in [3.05, 3.63) is 42.5 Å². The van der Waals surface area contributed by atoms with E-state index >= 15 is 0 Å². The number of rotatable bonds is 2. The Labute approximate surface area is 94.5 Å². The van der Waals surface area contributed by atoms with Gasteiger partial charge < -0.3 is 9.73 Å². The Hall–Kier alpha value is -1.61. The molecule has 1 N–H and O–H groups in total. The number of hydrogen-bond donors (Lipinski definition) is 1. The fourth-order valence-electron chi connectivity index (χ4n) is 2.08. The van der Waals surface area contributed by atoms with Crippen molar-refractivity contribution in [2.75, 3.05) is 6.54 Å². The quantitative estimate of drug-likeness (QED) is 0.835. The summed E-state index contributed by atoms with van der Waals surface area (Å²) in [7, 11) is 0. The topological polar surface area (TPSA) is 38.1 Å². The summed E-state index contributed by atoms with van der Waals surface area (Å²) in [5, 5.41) is 3.38. The summed E-state index contributed by atoms with van der Waals surface area (Å²) in [6.45, 7) is 1.06. The van der Waals surface area contributed by atoms with E-state index in [1.807, 2.05) is 30.3 Å².